The van der Waals surface area contributed by atoms with Crippen LogP contribution in [0, 0.1) is 12.7 Å². The van der Waals surface area contributed by atoms with Crippen molar-refractivity contribution in [1.29, 1.82) is 0 Å². The zero-order valence-corrected chi connectivity index (χ0v) is 13.4. The monoisotopic (exact) mass is 340 g/mol. The smallest absolute Gasteiger partial charge is 0.146 e. The van der Waals surface area contributed by atoms with E-state index in [4.69, 9.17) is 0 Å². The molecule has 0 aliphatic carbocycles. The fraction of sp³-hybridized carbons (Fsp3) is 0.429. The van der Waals surface area contributed by atoms with E-state index in [9.17, 15) is 4.39 Å². The summed E-state index contributed by atoms with van der Waals surface area (Å²) in [5.74, 6) is -0.290. The molecule has 0 saturated carbocycles. The van der Waals surface area contributed by atoms with Gasteiger partial charge in [-0.25, -0.2) is 4.39 Å². The molecule has 0 fully saturated rings. The Morgan fingerprint density at radius 2 is 2.25 bits per heavy atom. The van der Waals surface area contributed by atoms with Crippen LogP contribution in [-0.2, 0) is 13.0 Å². The maximum atomic E-state index is 13.9. The Bertz CT molecular complexity index is 597. The van der Waals surface area contributed by atoms with Gasteiger partial charge >= 0.3 is 0 Å². The second kappa shape index (κ2) is 6.45. The van der Waals surface area contributed by atoms with Gasteiger partial charge in [-0.15, -0.1) is 0 Å². The van der Waals surface area contributed by atoms with Crippen LogP contribution < -0.4 is 5.32 Å². The number of hydrogen-bond donors (Lipinski definition) is 1. The SMILES string of the molecule is CCn1nc(C)c(Br)c1CC(NC)c1ncccc1F. The summed E-state index contributed by atoms with van der Waals surface area (Å²) in [6, 6.07) is 2.85. The summed E-state index contributed by atoms with van der Waals surface area (Å²) in [5, 5.41) is 7.59. The van der Waals surface area contributed by atoms with E-state index >= 15 is 0 Å². The summed E-state index contributed by atoms with van der Waals surface area (Å²) < 4.78 is 16.8. The predicted molar refractivity (Wildman–Crippen MR) is 80.0 cm³/mol. The summed E-state index contributed by atoms with van der Waals surface area (Å²) in [6.45, 7) is 4.77. The Balaban J connectivity index is 2.34. The third kappa shape index (κ3) is 2.91. The van der Waals surface area contributed by atoms with Gasteiger partial charge in [-0.2, -0.15) is 5.10 Å². The minimum atomic E-state index is -0.290. The second-order valence-corrected chi connectivity index (χ2v) is 5.37. The first-order valence-corrected chi connectivity index (χ1v) is 7.37. The maximum Gasteiger partial charge on any atom is 0.146 e. The third-order valence-electron chi connectivity index (χ3n) is 3.32. The highest BCUT2D eigenvalue weighted by Gasteiger charge is 2.21. The lowest BCUT2D eigenvalue weighted by Crippen LogP contribution is -2.23. The zero-order chi connectivity index (χ0) is 14.7. The molecule has 0 aromatic carbocycles. The number of nitrogens with one attached hydrogen (secondary N) is 1. The van der Waals surface area contributed by atoms with Gasteiger partial charge in [0, 0.05) is 19.2 Å². The van der Waals surface area contributed by atoms with Crippen LogP contribution in [-0.4, -0.2) is 21.8 Å². The largest absolute Gasteiger partial charge is 0.311 e. The van der Waals surface area contributed by atoms with E-state index < -0.39 is 0 Å². The number of aromatic nitrogens is 3. The van der Waals surface area contributed by atoms with Gasteiger partial charge in [0.15, 0.2) is 0 Å². The molecule has 1 atom stereocenters. The Morgan fingerprint density at radius 1 is 1.50 bits per heavy atom. The van der Waals surface area contributed by atoms with Crippen LogP contribution in [0.25, 0.3) is 0 Å². The van der Waals surface area contributed by atoms with Gasteiger partial charge in [0.05, 0.1) is 27.6 Å². The highest BCUT2D eigenvalue weighted by atomic mass is 79.9. The lowest BCUT2D eigenvalue weighted by Gasteiger charge is -2.17. The zero-order valence-electron chi connectivity index (χ0n) is 11.8. The van der Waals surface area contributed by atoms with Crippen molar-refractivity contribution in [1.82, 2.24) is 20.1 Å². The summed E-state index contributed by atoms with van der Waals surface area (Å²) in [4.78, 5) is 4.16. The van der Waals surface area contributed by atoms with E-state index in [1.165, 1.54) is 6.07 Å². The summed E-state index contributed by atoms with van der Waals surface area (Å²) >= 11 is 3.57. The summed E-state index contributed by atoms with van der Waals surface area (Å²) in [5.41, 5.74) is 2.43. The molecule has 1 N–H and O–H groups in total. The van der Waals surface area contributed by atoms with Crippen molar-refractivity contribution in [3.05, 3.63) is 45.7 Å². The average Bonchev–Trinajstić information content (AvgIpc) is 2.73. The normalized spacial score (nSPS) is 12.7. The molecule has 0 saturated heterocycles. The number of aryl methyl sites for hydroxylation is 2. The van der Waals surface area contributed by atoms with Gasteiger partial charge in [0.1, 0.15) is 5.82 Å². The number of likely N-dealkylation sites (N-methyl/N-ethyl adjacent to an activating group) is 1. The number of rotatable bonds is 5. The number of hydrogen-bond acceptors (Lipinski definition) is 3. The van der Waals surface area contributed by atoms with Gasteiger partial charge in [0.25, 0.3) is 0 Å². The van der Waals surface area contributed by atoms with Crippen LogP contribution in [0.15, 0.2) is 22.8 Å². The minimum absolute atomic E-state index is 0.186. The average molecular weight is 341 g/mol. The fourth-order valence-electron chi connectivity index (χ4n) is 2.25. The molecule has 0 aliphatic heterocycles. The first kappa shape index (κ1) is 15.1. The molecule has 6 heteroatoms. The molecule has 2 aromatic rings. The molecule has 4 nitrogen and oxygen atoms in total. The van der Waals surface area contributed by atoms with Crippen molar-refractivity contribution in [2.24, 2.45) is 0 Å². The molecule has 1 unspecified atom stereocenters. The van der Waals surface area contributed by atoms with Crippen molar-refractivity contribution in [2.45, 2.75) is 32.9 Å². The van der Waals surface area contributed by atoms with E-state index in [1.807, 2.05) is 25.6 Å². The van der Waals surface area contributed by atoms with Gasteiger partial charge in [-0.05, 0) is 49.0 Å². The lowest BCUT2D eigenvalue weighted by atomic mass is 10.1. The summed E-state index contributed by atoms with van der Waals surface area (Å²) in [7, 11) is 1.81. The van der Waals surface area contributed by atoms with E-state index in [0.717, 1.165) is 22.4 Å². The molecule has 0 radical (unpaired) electrons. The summed E-state index contributed by atoms with van der Waals surface area (Å²) in [6.07, 6.45) is 2.24. The van der Waals surface area contributed by atoms with Crippen molar-refractivity contribution in [2.75, 3.05) is 7.05 Å². The molecule has 2 aromatic heterocycles. The van der Waals surface area contributed by atoms with Crippen molar-refractivity contribution in [3.8, 4) is 0 Å². The number of nitrogens with zero attached hydrogens (tertiary/aromatic N) is 3. The molecule has 2 heterocycles. The lowest BCUT2D eigenvalue weighted by molar-refractivity contribution is 0.496. The Labute approximate surface area is 126 Å². The van der Waals surface area contributed by atoms with E-state index in [2.05, 4.69) is 31.3 Å². The number of pyridine rings is 1. The molecule has 0 bridgehead atoms. The van der Waals surface area contributed by atoms with Crippen LogP contribution in [0.5, 0.6) is 0 Å². The van der Waals surface area contributed by atoms with Crippen LogP contribution in [0.4, 0.5) is 4.39 Å². The quantitative estimate of drug-likeness (QED) is 0.909. The van der Waals surface area contributed by atoms with Crippen LogP contribution in [0.3, 0.4) is 0 Å². The maximum absolute atomic E-state index is 13.9. The molecule has 0 amide bonds. The Morgan fingerprint density at radius 3 is 2.85 bits per heavy atom. The standard InChI is InChI=1S/C14H18BrFN4/c1-4-20-12(13(15)9(2)19-20)8-11(17-3)14-10(16)6-5-7-18-14/h5-7,11,17H,4,8H2,1-3H3. The van der Waals surface area contributed by atoms with Crippen molar-refractivity contribution in [3.63, 3.8) is 0 Å². The first-order valence-electron chi connectivity index (χ1n) is 6.57. The van der Waals surface area contributed by atoms with Crippen LogP contribution >= 0.6 is 15.9 Å². The molecule has 108 valence electrons. The number of halogens is 2. The molecule has 2 rings (SSSR count). The van der Waals surface area contributed by atoms with Gasteiger partial charge < -0.3 is 5.32 Å². The molecule has 20 heavy (non-hydrogen) atoms. The van der Waals surface area contributed by atoms with E-state index in [0.29, 0.717) is 12.1 Å². The fourth-order valence-corrected chi connectivity index (χ4v) is 2.69. The first-order chi connectivity index (χ1) is 9.58. The van der Waals surface area contributed by atoms with Crippen LogP contribution in [0.1, 0.15) is 30.0 Å². The Kier molecular flexibility index (Phi) is 4.88. The van der Waals surface area contributed by atoms with Gasteiger partial charge in [0.2, 0.25) is 0 Å². The molecular formula is C14H18BrFN4. The highest BCUT2D eigenvalue weighted by molar-refractivity contribution is 9.10. The van der Waals surface area contributed by atoms with E-state index in [1.54, 1.807) is 12.3 Å². The second-order valence-electron chi connectivity index (χ2n) is 4.58. The Hall–Kier alpha value is -1.27. The third-order valence-corrected chi connectivity index (χ3v) is 4.35. The van der Waals surface area contributed by atoms with Crippen molar-refractivity contribution >= 4 is 15.9 Å². The predicted octanol–water partition coefficient (Wildman–Crippen LogP) is 3.01. The minimum Gasteiger partial charge on any atom is -0.311 e. The molecule has 0 spiro atoms. The van der Waals surface area contributed by atoms with Gasteiger partial charge in [-0.1, -0.05) is 0 Å². The van der Waals surface area contributed by atoms with Crippen molar-refractivity contribution < 1.29 is 4.39 Å². The van der Waals surface area contributed by atoms with Crippen LogP contribution in [0.2, 0.25) is 0 Å². The molecule has 0 aliphatic rings. The van der Waals surface area contributed by atoms with Gasteiger partial charge in [-0.3, -0.25) is 9.67 Å². The highest BCUT2D eigenvalue weighted by Crippen LogP contribution is 2.26. The van der Waals surface area contributed by atoms with E-state index in [-0.39, 0.29) is 11.9 Å². The molecular weight excluding hydrogens is 323 g/mol. The topological polar surface area (TPSA) is 42.7 Å².